The zero-order valence-electron chi connectivity index (χ0n) is 10.7. The molecule has 0 radical (unpaired) electrons. The Balaban J connectivity index is 2.38. The van der Waals surface area contributed by atoms with Crippen molar-refractivity contribution in [2.24, 2.45) is 0 Å². The molecule has 0 aromatic rings. The van der Waals surface area contributed by atoms with Crippen LogP contribution in [0.25, 0.3) is 0 Å². The molecule has 0 aliphatic carbocycles. The third-order valence-electron chi connectivity index (χ3n) is 3.19. The van der Waals surface area contributed by atoms with Crippen molar-refractivity contribution < 1.29 is 5.11 Å². The molecule has 0 bridgehead atoms. The standard InChI is InChI=1S/C12H26N2O/c1-5-14(6-2)11-7-8-13(9-11)10-12(3,4)15/h11,15H,5-10H2,1-4H3. The van der Waals surface area contributed by atoms with E-state index in [1.165, 1.54) is 6.42 Å². The molecule has 15 heavy (non-hydrogen) atoms. The van der Waals surface area contributed by atoms with E-state index in [2.05, 4.69) is 23.6 Å². The lowest BCUT2D eigenvalue weighted by molar-refractivity contribution is 0.0415. The van der Waals surface area contributed by atoms with E-state index in [9.17, 15) is 5.11 Å². The highest BCUT2D eigenvalue weighted by Crippen LogP contribution is 2.17. The SMILES string of the molecule is CCN(CC)C1CCN(CC(C)(C)O)C1. The highest BCUT2D eigenvalue weighted by molar-refractivity contribution is 4.85. The molecule has 1 N–H and O–H groups in total. The first kappa shape index (κ1) is 12.9. The van der Waals surface area contributed by atoms with Crippen molar-refractivity contribution >= 4 is 0 Å². The van der Waals surface area contributed by atoms with Crippen LogP contribution in [-0.4, -0.2) is 59.3 Å². The summed E-state index contributed by atoms with van der Waals surface area (Å²) in [7, 11) is 0. The van der Waals surface area contributed by atoms with Gasteiger partial charge in [-0.1, -0.05) is 13.8 Å². The van der Waals surface area contributed by atoms with Gasteiger partial charge in [-0.25, -0.2) is 0 Å². The van der Waals surface area contributed by atoms with E-state index in [0.717, 1.165) is 32.7 Å². The lowest BCUT2D eigenvalue weighted by atomic mass is 10.1. The Labute approximate surface area is 94.1 Å². The van der Waals surface area contributed by atoms with Crippen LogP contribution >= 0.6 is 0 Å². The molecule has 1 aliphatic rings. The Morgan fingerprint density at radius 1 is 1.33 bits per heavy atom. The Morgan fingerprint density at radius 2 is 1.93 bits per heavy atom. The molecule has 1 unspecified atom stereocenters. The minimum atomic E-state index is -0.557. The van der Waals surface area contributed by atoms with Crippen molar-refractivity contribution in [2.75, 3.05) is 32.7 Å². The van der Waals surface area contributed by atoms with Crippen molar-refractivity contribution in [1.82, 2.24) is 9.80 Å². The minimum absolute atomic E-state index is 0.557. The van der Waals surface area contributed by atoms with Gasteiger partial charge in [-0.2, -0.15) is 0 Å². The van der Waals surface area contributed by atoms with Gasteiger partial charge < -0.3 is 5.11 Å². The molecule has 1 saturated heterocycles. The second-order valence-electron chi connectivity index (χ2n) is 5.21. The van der Waals surface area contributed by atoms with Gasteiger partial charge in [-0.15, -0.1) is 0 Å². The normalized spacial score (nSPS) is 24.0. The molecule has 3 nitrogen and oxygen atoms in total. The van der Waals surface area contributed by atoms with Crippen LogP contribution in [0, 0.1) is 0 Å². The second-order valence-corrected chi connectivity index (χ2v) is 5.21. The molecule has 0 spiro atoms. The quantitative estimate of drug-likeness (QED) is 0.744. The van der Waals surface area contributed by atoms with Crippen molar-refractivity contribution in [3.63, 3.8) is 0 Å². The van der Waals surface area contributed by atoms with E-state index in [1.54, 1.807) is 0 Å². The van der Waals surface area contributed by atoms with Crippen LogP contribution in [-0.2, 0) is 0 Å². The number of β-amino-alcohol motifs (C(OH)–C–C–N with tert-alkyl or cyclic N) is 1. The first-order valence-corrected chi connectivity index (χ1v) is 6.15. The number of hydrogen-bond donors (Lipinski definition) is 1. The van der Waals surface area contributed by atoms with E-state index in [1.807, 2.05) is 13.8 Å². The predicted molar refractivity (Wildman–Crippen MR) is 64.1 cm³/mol. The molecule has 1 fully saturated rings. The number of aliphatic hydroxyl groups is 1. The number of nitrogens with zero attached hydrogens (tertiary/aromatic N) is 2. The van der Waals surface area contributed by atoms with Gasteiger partial charge >= 0.3 is 0 Å². The number of hydrogen-bond acceptors (Lipinski definition) is 3. The Morgan fingerprint density at radius 3 is 2.40 bits per heavy atom. The monoisotopic (exact) mass is 214 g/mol. The zero-order chi connectivity index (χ0) is 11.5. The van der Waals surface area contributed by atoms with E-state index >= 15 is 0 Å². The van der Waals surface area contributed by atoms with Gasteiger partial charge in [0.2, 0.25) is 0 Å². The molecule has 1 heterocycles. The molecule has 0 amide bonds. The van der Waals surface area contributed by atoms with E-state index in [0.29, 0.717) is 6.04 Å². The van der Waals surface area contributed by atoms with Gasteiger partial charge in [0.1, 0.15) is 0 Å². The highest BCUT2D eigenvalue weighted by atomic mass is 16.3. The third kappa shape index (κ3) is 4.09. The molecule has 0 aromatic heterocycles. The maximum Gasteiger partial charge on any atom is 0.0718 e. The summed E-state index contributed by atoms with van der Waals surface area (Å²) in [5, 5.41) is 9.76. The minimum Gasteiger partial charge on any atom is -0.389 e. The van der Waals surface area contributed by atoms with Gasteiger partial charge in [0.15, 0.2) is 0 Å². The molecule has 0 aromatic carbocycles. The molecule has 1 atom stereocenters. The number of likely N-dealkylation sites (tertiary alicyclic amines) is 1. The summed E-state index contributed by atoms with van der Waals surface area (Å²) in [4.78, 5) is 4.90. The summed E-state index contributed by atoms with van der Waals surface area (Å²) < 4.78 is 0. The summed E-state index contributed by atoms with van der Waals surface area (Å²) in [5.41, 5.74) is -0.557. The van der Waals surface area contributed by atoms with Gasteiger partial charge in [0.25, 0.3) is 0 Å². The van der Waals surface area contributed by atoms with Gasteiger partial charge in [0.05, 0.1) is 5.60 Å². The predicted octanol–water partition coefficient (Wildman–Crippen LogP) is 1.17. The van der Waals surface area contributed by atoms with Crippen LogP contribution in [0.3, 0.4) is 0 Å². The fourth-order valence-corrected chi connectivity index (χ4v) is 2.54. The van der Waals surface area contributed by atoms with Crippen LogP contribution in [0.1, 0.15) is 34.1 Å². The average Bonchev–Trinajstić information content (AvgIpc) is 2.52. The summed E-state index contributed by atoms with van der Waals surface area (Å²) in [6, 6.07) is 0.697. The number of likely N-dealkylation sites (N-methyl/N-ethyl adjacent to an activating group) is 1. The Hall–Kier alpha value is -0.120. The average molecular weight is 214 g/mol. The molecule has 90 valence electrons. The smallest absolute Gasteiger partial charge is 0.0718 e. The topological polar surface area (TPSA) is 26.7 Å². The van der Waals surface area contributed by atoms with Crippen LogP contribution in [0.2, 0.25) is 0 Å². The fourth-order valence-electron chi connectivity index (χ4n) is 2.54. The van der Waals surface area contributed by atoms with Crippen molar-refractivity contribution in [3.8, 4) is 0 Å². The van der Waals surface area contributed by atoms with Gasteiger partial charge in [0, 0.05) is 19.1 Å². The maximum atomic E-state index is 9.76. The van der Waals surface area contributed by atoms with Crippen molar-refractivity contribution in [1.29, 1.82) is 0 Å². The second kappa shape index (κ2) is 5.28. The van der Waals surface area contributed by atoms with E-state index in [-0.39, 0.29) is 0 Å². The first-order valence-electron chi connectivity index (χ1n) is 6.15. The largest absolute Gasteiger partial charge is 0.389 e. The lowest BCUT2D eigenvalue weighted by Gasteiger charge is -2.28. The number of rotatable bonds is 5. The van der Waals surface area contributed by atoms with E-state index in [4.69, 9.17) is 0 Å². The molecular formula is C12H26N2O. The van der Waals surface area contributed by atoms with Crippen molar-refractivity contribution in [3.05, 3.63) is 0 Å². The lowest BCUT2D eigenvalue weighted by Crippen LogP contribution is -2.41. The summed E-state index contributed by atoms with van der Waals surface area (Å²) in [6.45, 7) is 13.5. The fraction of sp³-hybridized carbons (Fsp3) is 1.00. The molecule has 0 saturated carbocycles. The summed E-state index contributed by atoms with van der Waals surface area (Å²) in [6.07, 6.45) is 1.25. The zero-order valence-corrected chi connectivity index (χ0v) is 10.7. The van der Waals surface area contributed by atoms with E-state index < -0.39 is 5.60 Å². The maximum absolute atomic E-state index is 9.76. The molecular weight excluding hydrogens is 188 g/mol. The first-order chi connectivity index (χ1) is 6.96. The third-order valence-corrected chi connectivity index (χ3v) is 3.19. The van der Waals surface area contributed by atoms with Crippen LogP contribution in [0.15, 0.2) is 0 Å². The Bertz CT molecular complexity index is 185. The van der Waals surface area contributed by atoms with Crippen LogP contribution in [0.5, 0.6) is 0 Å². The summed E-state index contributed by atoms with van der Waals surface area (Å²) in [5.74, 6) is 0. The van der Waals surface area contributed by atoms with Crippen LogP contribution < -0.4 is 0 Å². The Kier molecular flexibility index (Phi) is 4.56. The van der Waals surface area contributed by atoms with Crippen LogP contribution in [0.4, 0.5) is 0 Å². The summed E-state index contributed by atoms with van der Waals surface area (Å²) >= 11 is 0. The van der Waals surface area contributed by atoms with Gasteiger partial charge in [-0.3, -0.25) is 9.80 Å². The van der Waals surface area contributed by atoms with Crippen molar-refractivity contribution in [2.45, 2.75) is 45.8 Å². The molecule has 1 aliphatic heterocycles. The van der Waals surface area contributed by atoms with Gasteiger partial charge in [-0.05, 0) is 39.9 Å². The highest BCUT2D eigenvalue weighted by Gasteiger charge is 2.28. The molecule has 3 heteroatoms. The molecule has 1 rings (SSSR count).